The van der Waals surface area contributed by atoms with Gasteiger partial charge in [-0.25, -0.2) is 9.59 Å². The molecule has 1 amide bonds. The van der Waals surface area contributed by atoms with Crippen LogP contribution in [0.1, 0.15) is 24.2 Å². The summed E-state index contributed by atoms with van der Waals surface area (Å²) in [5.41, 5.74) is 0.716. The maximum atomic E-state index is 12.4. The SMILES string of the molecule is CC1(C)OC(=O)C(=CNc2cc(NC(=O)c3ccccc3)c(Cl)cc2Cl)C(=O)O1. The van der Waals surface area contributed by atoms with Crippen LogP contribution >= 0.6 is 23.2 Å². The molecule has 0 aromatic heterocycles. The molecule has 0 radical (unpaired) electrons. The van der Waals surface area contributed by atoms with Crippen LogP contribution in [0.4, 0.5) is 11.4 Å². The normalized spacial score (nSPS) is 15.2. The van der Waals surface area contributed by atoms with E-state index in [2.05, 4.69) is 10.6 Å². The Morgan fingerprint density at radius 3 is 2.17 bits per heavy atom. The fraction of sp³-hybridized carbons (Fsp3) is 0.150. The third-order valence-electron chi connectivity index (χ3n) is 3.83. The second-order valence-electron chi connectivity index (χ2n) is 6.51. The van der Waals surface area contributed by atoms with Gasteiger partial charge in [0.25, 0.3) is 11.7 Å². The van der Waals surface area contributed by atoms with E-state index < -0.39 is 17.7 Å². The number of rotatable bonds is 4. The standard InChI is InChI=1S/C20H16Cl2N2O5/c1-20(2)28-18(26)12(19(27)29-20)10-23-15-9-16(14(22)8-13(15)21)24-17(25)11-6-4-3-5-7-11/h3-10,23H,1-2H3,(H,24,25). The first-order chi connectivity index (χ1) is 13.7. The minimum absolute atomic E-state index is 0.211. The largest absolute Gasteiger partial charge is 0.419 e. The van der Waals surface area contributed by atoms with E-state index in [9.17, 15) is 14.4 Å². The fourth-order valence-corrected chi connectivity index (χ4v) is 2.95. The zero-order valence-electron chi connectivity index (χ0n) is 15.4. The molecule has 2 N–H and O–H groups in total. The molecule has 1 saturated heterocycles. The Bertz CT molecular complexity index is 997. The van der Waals surface area contributed by atoms with Crippen LogP contribution in [0.15, 0.2) is 54.2 Å². The maximum absolute atomic E-state index is 12.4. The van der Waals surface area contributed by atoms with E-state index in [4.69, 9.17) is 32.7 Å². The van der Waals surface area contributed by atoms with Gasteiger partial charge in [-0.2, -0.15) is 0 Å². The molecule has 0 spiro atoms. The number of nitrogens with one attached hydrogen (secondary N) is 2. The quantitative estimate of drug-likeness (QED) is 0.421. The molecule has 7 nitrogen and oxygen atoms in total. The molecule has 0 bridgehead atoms. The average molecular weight is 435 g/mol. The molecule has 1 aliphatic heterocycles. The van der Waals surface area contributed by atoms with Crippen molar-refractivity contribution in [3.8, 4) is 0 Å². The van der Waals surface area contributed by atoms with Gasteiger partial charge in [0, 0.05) is 25.6 Å². The number of halogens is 2. The van der Waals surface area contributed by atoms with Gasteiger partial charge >= 0.3 is 11.9 Å². The first kappa shape index (κ1) is 20.7. The molecular formula is C20H16Cl2N2O5. The highest BCUT2D eigenvalue weighted by Gasteiger charge is 2.39. The number of esters is 2. The van der Waals surface area contributed by atoms with E-state index in [1.807, 2.05) is 0 Å². The summed E-state index contributed by atoms with van der Waals surface area (Å²) in [5, 5.41) is 5.86. The maximum Gasteiger partial charge on any atom is 0.350 e. The van der Waals surface area contributed by atoms with Crippen molar-refractivity contribution in [1.29, 1.82) is 0 Å². The molecule has 2 aromatic carbocycles. The topological polar surface area (TPSA) is 93.7 Å². The highest BCUT2D eigenvalue weighted by Crippen LogP contribution is 2.33. The van der Waals surface area contributed by atoms with Crippen LogP contribution in [0.25, 0.3) is 0 Å². The fourth-order valence-electron chi connectivity index (χ4n) is 2.47. The third kappa shape index (κ3) is 4.88. The number of benzene rings is 2. The van der Waals surface area contributed by atoms with Crippen LogP contribution in [0, 0.1) is 0 Å². The molecular weight excluding hydrogens is 419 g/mol. The smallest absolute Gasteiger partial charge is 0.350 e. The third-order valence-corrected chi connectivity index (χ3v) is 4.46. The molecule has 1 aliphatic rings. The van der Waals surface area contributed by atoms with Gasteiger partial charge in [-0.05, 0) is 24.3 Å². The number of carbonyl (C=O) groups is 3. The Morgan fingerprint density at radius 2 is 1.55 bits per heavy atom. The Hall–Kier alpha value is -3.03. The highest BCUT2D eigenvalue weighted by molar-refractivity contribution is 6.38. The highest BCUT2D eigenvalue weighted by atomic mass is 35.5. The second-order valence-corrected chi connectivity index (χ2v) is 7.33. The first-order valence-electron chi connectivity index (χ1n) is 8.45. The van der Waals surface area contributed by atoms with Gasteiger partial charge in [0.05, 0.1) is 21.4 Å². The molecule has 3 rings (SSSR count). The molecule has 9 heteroatoms. The number of cyclic esters (lactones) is 2. The molecule has 1 heterocycles. The molecule has 0 aliphatic carbocycles. The zero-order chi connectivity index (χ0) is 21.2. The number of anilines is 2. The van der Waals surface area contributed by atoms with Crippen LogP contribution in [-0.4, -0.2) is 23.6 Å². The van der Waals surface area contributed by atoms with Crippen molar-refractivity contribution in [3.63, 3.8) is 0 Å². The van der Waals surface area contributed by atoms with Crippen molar-refractivity contribution >= 4 is 52.4 Å². The van der Waals surface area contributed by atoms with Crippen LogP contribution < -0.4 is 10.6 Å². The minimum atomic E-state index is -1.34. The van der Waals surface area contributed by atoms with Crippen LogP contribution in [-0.2, 0) is 19.1 Å². The lowest BCUT2D eigenvalue weighted by atomic mass is 10.2. The van der Waals surface area contributed by atoms with Gasteiger partial charge in [0.2, 0.25) is 0 Å². The number of carbonyl (C=O) groups excluding carboxylic acids is 3. The summed E-state index contributed by atoms with van der Waals surface area (Å²) in [6.07, 6.45) is 1.12. The Balaban J connectivity index is 1.82. The predicted molar refractivity (Wildman–Crippen MR) is 109 cm³/mol. The van der Waals surface area contributed by atoms with E-state index >= 15 is 0 Å². The summed E-state index contributed by atoms with van der Waals surface area (Å²) in [5.74, 6) is -3.36. The lowest BCUT2D eigenvalue weighted by Gasteiger charge is -2.29. The van der Waals surface area contributed by atoms with Gasteiger partial charge < -0.3 is 20.1 Å². The van der Waals surface area contributed by atoms with Gasteiger partial charge in [0.1, 0.15) is 0 Å². The van der Waals surface area contributed by atoms with Crippen molar-refractivity contribution in [2.45, 2.75) is 19.6 Å². The Morgan fingerprint density at radius 1 is 0.966 bits per heavy atom. The summed E-state index contributed by atoms with van der Waals surface area (Å²) in [4.78, 5) is 36.4. The monoisotopic (exact) mass is 434 g/mol. The van der Waals surface area contributed by atoms with Crippen LogP contribution in [0.2, 0.25) is 10.0 Å². The predicted octanol–water partition coefficient (Wildman–Crippen LogP) is 4.38. The Labute approximate surface area is 176 Å². The molecule has 150 valence electrons. The first-order valence-corrected chi connectivity index (χ1v) is 9.21. The molecule has 2 aromatic rings. The Kier molecular flexibility index (Phi) is 5.81. The van der Waals surface area contributed by atoms with Gasteiger partial charge in [-0.1, -0.05) is 41.4 Å². The van der Waals surface area contributed by atoms with Crippen molar-refractivity contribution in [2.75, 3.05) is 10.6 Å². The molecule has 1 fully saturated rings. The minimum Gasteiger partial charge on any atom is -0.419 e. The van der Waals surface area contributed by atoms with Crippen molar-refractivity contribution in [2.24, 2.45) is 0 Å². The lowest BCUT2D eigenvalue weighted by molar-refractivity contribution is -0.222. The van der Waals surface area contributed by atoms with Crippen LogP contribution in [0.5, 0.6) is 0 Å². The summed E-state index contributed by atoms with van der Waals surface area (Å²) in [7, 11) is 0. The molecule has 0 unspecified atom stereocenters. The average Bonchev–Trinajstić information content (AvgIpc) is 2.64. The van der Waals surface area contributed by atoms with Gasteiger partial charge in [-0.3, -0.25) is 4.79 Å². The van der Waals surface area contributed by atoms with E-state index in [1.54, 1.807) is 30.3 Å². The van der Waals surface area contributed by atoms with Crippen molar-refractivity contribution in [3.05, 3.63) is 69.8 Å². The van der Waals surface area contributed by atoms with Crippen molar-refractivity contribution in [1.82, 2.24) is 0 Å². The van der Waals surface area contributed by atoms with Gasteiger partial charge in [-0.15, -0.1) is 0 Å². The lowest BCUT2D eigenvalue weighted by Crippen LogP contribution is -2.42. The summed E-state index contributed by atoms with van der Waals surface area (Å²) in [6.45, 7) is 2.90. The number of ether oxygens (including phenoxy) is 2. The van der Waals surface area contributed by atoms with Crippen LogP contribution in [0.3, 0.4) is 0 Å². The molecule has 0 saturated carbocycles. The van der Waals surface area contributed by atoms with E-state index in [0.717, 1.165) is 6.20 Å². The van der Waals surface area contributed by atoms with Crippen molar-refractivity contribution < 1.29 is 23.9 Å². The number of amides is 1. The summed E-state index contributed by atoms with van der Waals surface area (Å²) in [6, 6.07) is 11.5. The summed E-state index contributed by atoms with van der Waals surface area (Å²) >= 11 is 12.3. The summed E-state index contributed by atoms with van der Waals surface area (Å²) < 4.78 is 10.0. The van der Waals surface area contributed by atoms with E-state index in [-0.39, 0.29) is 21.5 Å². The second kappa shape index (κ2) is 8.14. The number of hydrogen-bond acceptors (Lipinski definition) is 6. The number of hydrogen-bond donors (Lipinski definition) is 2. The van der Waals surface area contributed by atoms with Gasteiger partial charge in [0.15, 0.2) is 5.57 Å². The van der Waals surface area contributed by atoms with E-state index in [0.29, 0.717) is 16.9 Å². The van der Waals surface area contributed by atoms with E-state index in [1.165, 1.54) is 26.0 Å². The zero-order valence-corrected chi connectivity index (χ0v) is 16.9. The molecule has 29 heavy (non-hydrogen) atoms. The molecule has 0 atom stereocenters.